The summed E-state index contributed by atoms with van der Waals surface area (Å²) in [6, 6.07) is 10.8. The van der Waals surface area contributed by atoms with Gasteiger partial charge in [0.25, 0.3) is 0 Å². The van der Waals surface area contributed by atoms with Crippen molar-refractivity contribution >= 4 is 57.1 Å². The monoisotopic (exact) mass is 715 g/mol. The van der Waals surface area contributed by atoms with Gasteiger partial charge in [0, 0.05) is 0 Å². The topological polar surface area (TPSA) is 84.9 Å². The van der Waals surface area contributed by atoms with Gasteiger partial charge < -0.3 is 24.1 Å². The summed E-state index contributed by atoms with van der Waals surface area (Å²) in [6.45, 7) is 7.53. The van der Waals surface area contributed by atoms with Crippen LogP contribution in [0.2, 0.25) is 0 Å². The summed E-state index contributed by atoms with van der Waals surface area (Å²) >= 11 is 3.93. The molecule has 6 nitrogen and oxygen atoms in total. The van der Waals surface area contributed by atoms with Gasteiger partial charge in [-0.3, -0.25) is 0 Å². The zero-order chi connectivity index (χ0) is 26.3. The Balaban J connectivity index is 2.00. The van der Waals surface area contributed by atoms with Gasteiger partial charge in [0.2, 0.25) is 0 Å². The quantitative estimate of drug-likeness (QED) is 0.166. The van der Waals surface area contributed by atoms with Crippen LogP contribution in [0.3, 0.4) is 0 Å². The van der Waals surface area contributed by atoms with E-state index in [9.17, 15) is 23.5 Å². The lowest BCUT2D eigenvalue weighted by Crippen LogP contribution is -2.53. The van der Waals surface area contributed by atoms with Crippen molar-refractivity contribution in [2.24, 2.45) is 5.92 Å². The number of rotatable bonds is 12. The number of carbonyl (C=O) groups is 2. The van der Waals surface area contributed by atoms with Crippen LogP contribution < -0.4 is 14.6 Å². The maximum atomic E-state index is 14.0. The summed E-state index contributed by atoms with van der Waals surface area (Å²) in [6.07, 6.45) is -1.10. The molecule has 2 aromatic rings. The second-order valence-corrected chi connectivity index (χ2v) is 10.6. The third-order valence-electron chi connectivity index (χ3n) is 5.36. The highest BCUT2D eigenvalue weighted by Gasteiger charge is 2.46. The van der Waals surface area contributed by atoms with Gasteiger partial charge in [-0.2, -0.15) is 8.78 Å². The Kier molecular flexibility index (Phi) is 11.0. The number of ether oxygens (including phenoxy) is 3. The molecule has 0 fully saturated rings. The number of esters is 1. The Labute approximate surface area is 231 Å². The SMILES string of the molecule is CCC(C)c1ccc(OCCOc2c(I)cc(C(=O)OC(C(C)C)C(F)(F)C(=O)[O-])cc2I)cc1. The molecule has 0 aliphatic carbocycles. The number of aliphatic carboxylic acids is 1. The molecular formula is C25H27F2I2O6-. The minimum atomic E-state index is -4.32. The molecule has 0 saturated carbocycles. The van der Waals surface area contributed by atoms with Gasteiger partial charge in [0.05, 0.1) is 12.7 Å². The van der Waals surface area contributed by atoms with Crippen LogP contribution >= 0.6 is 45.2 Å². The molecular weight excluding hydrogens is 688 g/mol. The Morgan fingerprint density at radius 3 is 2.03 bits per heavy atom. The molecule has 10 heteroatoms. The fourth-order valence-corrected chi connectivity index (χ4v) is 5.25. The summed E-state index contributed by atoms with van der Waals surface area (Å²) < 4.78 is 45.4. The standard InChI is InChI=1S/C25H28F2I2O6/c1-5-15(4)16-6-8-18(9-7-16)33-10-11-34-21-19(28)12-17(13-20(21)29)23(30)35-22(14(2)3)25(26,27)24(31)32/h6-9,12-15,22H,5,10-11H2,1-4H3,(H,31,32)/p-1. The predicted octanol–water partition coefficient (Wildman–Crippen LogP) is 5.43. The largest absolute Gasteiger partial charge is 0.544 e. The molecule has 2 rings (SSSR count). The molecule has 0 heterocycles. The number of benzene rings is 2. The molecule has 192 valence electrons. The molecule has 0 aliphatic rings. The van der Waals surface area contributed by atoms with E-state index in [1.54, 1.807) is 0 Å². The van der Waals surface area contributed by atoms with Crippen LogP contribution in [0, 0.1) is 13.1 Å². The molecule has 2 aromatic carbocycles. The van der Waals surface area contributed by atoms with Crippen LogP contribution in [0.25, 0.3) is 0 Å². The normalized spacial score (nSPS) is 13.3. The van der Waals surface area contributed by atoms with Gasteiger partial charge in [-0.15, -0.1) is 0 Å². The summed E-state index contributed by atoms with van der Waals surface area (Å²) in [5, 5.41) is 10.8. The van der Waals surface area contributed by atoms with Crippen molar-refractivity contribution in [2.75, 3.05) is 13.2 Å². The summed E-state index contributed by atoms with van der Waals surface area (Å²) in [7, 11) is 0. The third-order valence-corrected chi connectivity index (χ3v) is 6.97. The molecule has 0 aromatic heterocycles. The molecule has 0 saturated heterocycles. The second-order valence-electron chi connectivity index (χ2n) is 8.32. The van der Waals surface area contributed by atoms with Gasteiger partial charge in [0.15, 0.2) is 6.10 Å². The Hall–Kier alpha value is -1.70. The fraction of sp³-hybridized carbons (Fsp3) is 0.440. The lowest BCUT2D eigenvalue weighted by Gasteiger charge is -2.30. The summed E-state index contributed by atoms with van der Waals surface area (Å²) in [4.78, 5) is 23.3. The third kappa shape index (κ3) is 7.89. The molecule has 0 bridgehead atoms. The number of carboxylic acids is 1. The Bertz CT molecular complexity index is 1000. The van der Waals surface area contributed by atoms with E-state index in [1.165, 1.54) is 31.5 Å². The first-order valence-corrected chi connectivity index (χ1v) is 13.2. The Morgan fingerprint density at radius 2 is 1.54 bits per heavy atom. The van der Waals surface area contributed by atoms with Crippen LogP contribution in [-0.4, -0.2) is 37.2 Å². The van der Waals surface area contributed by atoms with Crippen molar-refractivity contribution in [1.82, 2.24) is 0 Å². The molecule has 0 amide bonds. The van der Waals surface area contributed by atoms with Crippen molar-refractivity contribution in [1.29, 1.82) is 0 Å². The number of hydrogen-bond donors (Lipinski definition) is 0. The van der Waals surface area contributed by atoms with Gasteiger partial charge in [0.1, 0.15) is 30.7 Å². The first-order valence-electron chi connectivity index (χ1n) is 11.0. The zero-order valence-electron chi connectivity index (χ0n) is 19.8. The lowest BCUT2D eigenvalue weighted by molar-refractivity contribution is -0.337. The van der Waals surface area contributed by atoms with Gasteiger partial charge in [-0.1, -0.05) is 39.8 Å². The predicted molar refractivity (Wildman–Crippen MR) is 142 cm³/mol. The van der Waals surface area contributed by atoms with Crippen LogP contribution in [-0.2, 0) is 9.53 Å². The van der Waals surface area contributed by atoms with Crippen LogP contribution in [0.1, 0.15) is 56.0 Å². The van der Waals surface area contributed by atoms with Gasteiger partial charge >= 0.3 is 11.9 Å². The molecule has 2 atom stereocenters. The van der Waals surface area contributed by atoms with Crippen molar-refractivity contribution in [2.45, 2.75) is 52.1 Å². The van der Waals surface area contributed by atoms with Crippen molar-refractivity contribution in [3.05, 3.63) is 54.7 Å². The first-order chi connectivity index (χ1) is 16.4. The maximum absolute atomic E-state index is 14.0. The average molecular weight is 715 g/mol. The van der Waals surface area contributed by atoms with E-state index in [-0.39, 0.29) is 12.2 Å². The van der Waals surface area contributed by atoms with Crippen LogP contribution in [0.4, 0.5) is 8.78 Å². The van der Waals surface area contributed by atoms with E-state index >= 15 is 0 Å². The van der Waals surface area contributed by atoms with Gasteiger partial charge in [-0.25, -0.2) is 4.79 Å². The summed E-state index contributed by atoms with van der Waals surface area (Å²) in [5.41, 5.74) is 1.26. The van der Waals surface area contributed by atoms with Crippen LogP contribution in [0.5, 0.6) is 11.5 Å². The Morgan fingerprint density at radius 1 is 1.00 bits per heavy atom. The fourth-order valence-electron chi connectivity index (χ4n) is 3.18. The molecule has 0 N–H and O–H groups in total. The highest BCUT2D eigenvalue weighted by molar-refractivity contribution is 14.1. The number of carboxylic acid groups (broad SMARTS) is 1. The van der Waals surface area contributed by atoms with E-state index in [2.05, 4.69) is 13.8 Å². The summed E-state index contributed by atoms with van der Waals surface area (Å²) in [5.74, 6) is -7.18. The second kappa shape index (κ2) is 13.0. The van der Waals surface area contributed by atoms with Gasteiger partial charge in [-0.05, 0) is 93.3 Å². The molecule has 0 aliphatic heterocycles. The minimum Gasteiger partial charge on any atom is -0.544 e. The van der Waals surface area contributed by atoms with Crippen molar-refractivity contribution < 1.29 is 37.7 Å². The lowest BCUT2D eigenvalue weighted by atomic mass is 9.99. The number of carbonyl (C=O) groups excluding carboxylic acids is 2. The number of halogens is 4. The molecule has 0 radical (unpaired) electrons. The van der Waals surface area contributed by atoms with E-state index in [0.717, 1.165) is 12.2 Å². The highest BCUT2D eigenvalue weighted by Crippen LogP contribution is 2.31. The highest BCUT2D eigenvalue weighted by atomic mass is 127. The van der Waals surface area contributed by atoms with E-state index in [4.69, 9.17) is 14.2 Å². The average Bonchev–Trinajstić information content (AvgIpc) is 2.80. The van der Waals surface area contributed by atoms with Crippen molar-refractivity contribution in [3.8, 4) is 11.5 Å². The number of hydrogen-bond acceptors (Lipinski definition) is 6. The maximum Gasteiger partial charge on any atom is 0.338 e. The minimum absolute atomic E-state index is 0.00333. The van der Waals surface area contributed by atoms with E-state index in [0.29, 0.717) is 25.4 Å². The number of alkyl halides is 2. The first kappa shape index (κ1) is 29.5. The zero-order valence-corrected chi connectivity index (χ0v) is 24.1. The molecule has 35 heavy (non-hydrogen) atoms. The smallest absolute Gasteiger partial charge is 0.338 e. The molecule has 2 unspecified atom stereocenters. The van der Waals surface area contributed by atoms with E-state index in [1.807, 2.05) is 69.4 Å². The van der Waals surface area contributed by atoms with E-state index < -0.39 is 29.9 Å². The van der Waals surface area contributed by atoms with Crippen LogP contribution in [0.15, 0.2) is 36.4 Å². The van der Waals surface area contributed by atoms with Crippen molar-refractivity contribution in [3.63, 3.8) is 0 Å². The molecule has 0 spiro atoms.